The van der Waals surface area contributed by atoms with Gasteiger partial charge in [0.25, 0.3) is 0 Å². The Labute approximate surface area is 137 Å². The van der Waals surface area contributed by atoms with E-state index >= 15 is 0 Å². The maximum atomic E-state index is 13.1. The van der Waals surface area contributed by atoms with Crippen LogP contribution in [0.2, 0.25) is 0 Å². The lowest BCUT2D eigenvalue weighted by atomic mass is 9.93. The number of anilines is 1. The third kappa shape index (κ3) is 2.53. The Morgan fingerprint density at radius 2 is 1.57 bits per heavy atom. The van der Waals surface area contributed by atoms with E-state index in [2.05, 4.69) is 0 Å². The van der Waals surface area contributed by atoms with Crippen LogP contribution < -0.4 is 4.90 Å². The first-order chi connectivity index (χ1) is 11.1. The molecule has 124 valence electrons. The number of rotatable bonds is 2. The molecule has 1 aromatic carbocycles. The van der Waals surface area contributed by atoms with Crippen molar-refractivity contribution in [1.82, 2.24) is 4.90 Å². The molecule has 1 saturated carbocycles. The number of fused-ring (bicyclic) bond motifs is 1. The number of urea groups is 1. The molecule has 5 nitrogen and oxygen atoms in total. The molecule has 0 radical (unpaired) electrons. The van der Waals surface area contributed by atoms with Crippen molar-refractivity contribution in [3.05, 3.63) is 30.3 Å². The molecule has 2 amide bonds. The van der Waals surface area contributed by atoms with E-state index in [1.807, 2.05) is 35.2 Å². The summed E-state index contributed by atoms with van der Waals surface area (Å²) >= 11 is 0. The van der Waals surface area contributed by atoms with Crippen LogP contribution in [0, 0.1) is 0 Å². The number of carbonyl (C=O) groups is 1. The fourth-order valence-electron chi connectivity index (χ4n) is 4.41. The Hall–Kier alpha value is -1.56. The summed E-state index contributed by atoms with van der Waals surface area (Å²) in [6, 6.07) is 9.25. The van der Waals surface area contributed by atoms with Gasteiger partial charge in [0.2, 0.25) is 0 Å². The molecule has 23 heavy (non-hydrogen) atoms. The van der Waals surface area contributed by atoms with E-state index in [0.717, 1.165) is 31.4 Å². The highest BCUT2D eigenvalue weighted by Gasteiger charge is 2.55. The minimum Gasteiger partial charge on any atom is -0.315 e. The highest BCUT2D eigenvalue weighted by Crippen LogP contribution is 2.38. The first-order valence-corrected chi connectivity index (χ1v) is 10.3. The second-order valence-electron chi connectivity index (χ2n) is 6.90. The van der Waals surface area contributed by atoms with E-state index in [1.165, 1.54) is 6.42 Å². The predicted octanol–water partition coefficient (Wildman–Crippen LogP) is 2.43. The van der Waals surface area contributed by atoms with Crippen molar-refractivity contribution >= 4 is 21.6 Å². The summed E-state index contributed by atoms with van der Waals surface area (Å²) in [4.78, 5) is 16.7. The van der Waals surface area contributed by atoms with Crippen LogP contribution in [0.25, 0.3) is 0 Å². The third-order valence-electron chi connectivity index (χ3n) is 5.41. The number of amides is 2. The van der Waals surface area contributed by atoms with Crippen molar-refractivity contribution in [3.63, 3.8) is 0 Å². The van der Waals surface area contributed by atoms with E-state index in [4.69, 9.17) is 0 Å². The molecular weight excluding hydrogens is 312 g/mol. The van der Waals surface area contributed by atoms with Crippen LogP contribution in [0.4, 0.5) is 10.5 Å². The van der Waals surface area contributed by atoms with Gasteiger partial charge >= 0.3 is 6.03 Å². The lowest BCUT2D eigenvalue weighted by Crippen LogP contribution is -2.45. The van der Waals surface area contributed by atoms with Crippen molar-refractivity contribution in [2.45, 2.75) is 50.2 Å². The van der Waals surface area contributed by atoms with Gasteiger partial charge in [-0.3, -0.25) is 4.90 Å². The molecule has 1 aromatic rings. The Morgan fingerprint density at radius 3 is 2.26 bits per heavy atom. The fraction of sp³-hybridized carbons (Fsp3) is 0.588. The number of benzene rings is 1. The van der Waals surface area contributed by atoms with E-state index < -0.39 is 9.84 Å². The Morgan fingerprint density at radius 1 is 0.913 bits per heavy atom. The van der Waals surface area contributed by atoms with Crippen LogP contribution in [0.15, 0.2) is 30.3 Å². The second kappa shape index (κ2) is 5.51. The number of hydrogen-bond acceptors (Lipinski definition) is 3. The monoisotopic (exact) mass is 334 g/mol. The van der Waals surface area contributed by atoms with Gasteiger partial charge in [0.1, 0.15) is 0 Å². The van der Waals surface area contributed by atoms with E-state index in [9.17, 15) is 13.2 Å². The predicted molar refractivity (Wildman–Crippen MR) is 89.3 cm³/mol. The lowest BCUT2D eigenvalue weighted by Gasteiger charge is -2.34. The number of hydrogen-bond donors (Lipinski definition) is 0. The average molecular weight is 334 g/mol. The Balaban J connectivity index is 1.72. The summed E-state index contributed by atoms with van der Waals surface area (Å²) in [6.45, 7) is 0. The van der Waals surface area contributed by atoms with Crippen molar-refractivity contribution in [1.29, 1.82) is 0 Å². The average Bonchev–Trinajstić information content (AvgIpc) is 2.97. The quantitative estimate of drug-likeness (QED) is 0.781. The summed E-state index contributed by atoms with van der Waals surface area (Å²) in [5.74, 6) is 0.199. The zero-order valence-corrected chi connectivity index (χ0v) is 13.9. The van der Waals surface area contributed by atoms with E-state index in [0.29, 0.717) is 0 Å². The van der Waals surface area contributed by atoms with Gasteiger partial charge in [0.15, 0.2) is 9.84 Å². The molecule has 2 aliphatic heterocycles. The zero-order valence-electron chi connectivity index (χ0n) is 13.1. The maximum absolute atomic E-state index is 13.1. The van der Waals surface area contributed by atoms with Crippen molar-refractivity contribution in [3.8, 4) is 0 Å². The van der Waals surface area contributed by atoms with Crippen LogP contribution in [0.3, 0.4) is 0 Å². The number of sulfone groups is 1. The first kappa shape index (κ1) is 15.0. The zero-order chi connectivity index (χ0) is 16.0. The van der Waals surface area contributed by atoms with Gasteiger partial charge in [-0.25, -0.2) is 13.2 Å². The van der Waals surface area contributed by atoms with E-state index in [1.54, 1.807) is 4.90 Å². The molecule has 3 aliphatic rings. The molecule has 1 aliphatic carbocycles. The molecule has 0 N–H and O–H groups in total. The first-order valence-electron chi connectivity index (χ1n) is 8.44. The molecule has 3 fully saturated rings. The summed E-state index contributed by atoms with van der Waals surface area (Å²) in [6.07, 6.45) is 5.47. The van der Waals surface area contributed by atoms with Crippen LogP contribution >= 0.6 is 0 Å². The van der Waals surface area contributed by atoms with Crippen molar-refractivity contribution in [2.75, 3.05) is 16.4 Å². The standard InChI is InChI=1S/C17H22N2O3S/c20-17-18(13-7-3-1-4-8-13)15-11-23(21,22)12-16(15)19(17)14-9-5-2-6-10-14/h1,3-4,7-8,14-16H,2,5-6,9-12H2. The molecule has 2 saturated heterocycles. The second-order valence-corrected chi connectivity index (χ2v) is 9.05. The molecule has 2 unspecified atom stereocenters. The Bertz CT molecular complexity index is 698. The number of carbonyl (C=O) groups excluding carboxylic acids is 1. The Kier molecular flexibility index (Phi) is 3.59. The number of para-hydroxylation sites is 1. The summed E-state index contributed by atoms with van der Waals surface area (Å²) in [5.41, 5.74) is 0.808. The molecule has 0 spiro atoms. The van der Waals surface area contributed by atoms with Crippen LogP contribution in [-0.2, 0) is 9.84 Å². The molecule has 0 aromatic heterocycles. The van der Waals surface area contributed by atoms with Crippen LogP contribution in [-0.4, -0.2) is 49.0 Å². The van der Waals surface area contributed by atoms with Crippen molar-refractivity contribution < 1.29 is 13.2 Å². The summed E-state index contributed by atoms with van der Waals surface area (Å²) in [7, 11) is -3.08. The van der Waals surface area contributed by atoms with Gasteiger partial charge in [0, 0.05) is 11.7 Å². The fourth-order valence-corrected chi connectivity index (χ4v) is 6.34. The van der Waals surface area contributed by atoms with E-state index in [-0.39, 0.29) is 35.7 Å². The highest BCUT2D eigenvalue weighted by molar-refractivity contribution is 7.91. The van der Waals surface area contributed by atoms with Gasteiger partial charge in [-0.15, -0.1) is 0 Å². The summed E-state index contributed by atoms with van der Waals surface area (Å²) in [5, 5.41) is 0. The minimum absolute atomic E-state index is 0.00648. The molecule has 4 rings (SSSR count). The molecule has 0 bridgehead atoms. The topological polar surface area (TPSA) is 57.7 Å². The lowest BCUT2D eigenvalue weighted by molar-refractivity contribution is 0.158. The van der Waals surface area contributed by atoms with Gasteiger partial charge in [-0.05, 0) is 25.0 Å². The maximum Gasteiger partial charge on any atom is 0.325 e. The summed E-state index contributed by atoms with van der Waals surface area (Å²) < 4.78 is 24.4. The SMILES string of the molecule is O=C1N(c2ccccc2)C2CS(=O)(=O)CC2N1C1CCCCC1. The third-order valence-corrected chi connectivity index (χ3v) is 7.11. The number of nitrogens with zero attached hydrogens (tertiary/aromatic N) is 2. The van der Waals surface area contributed by atoms with Gasteiger partial charge in [-0.2, -0.15) is 0 Å². The minimum atomic E-state index is -3.08. The van der Waals surface area contributed by atoms with Crippen LogP contribution in [0.5, 0.6) is 0 Å². The van der Waals surface area contributed by atoms with Gasteiger partial charge in [0.05, 0.1) is 23.6 Å². The smallest absolute Gasteiger partial charge is 0.315 e. The molecule has 2 atom stereocenters. The molecular formula is C17H22N2O3S. The normalized spacial score (nSPS) is 30.7. The van der Waals surface area contributed by atoms with Gasteiger partial charge < -0.3 is 4.90 Å². The molecule has 6 heteroatoms. The largest absolute Gasteiger partial charge is 0.325 e. The van der Waals surface area contributed by atoms with Gasteiger partial charge in [-0.1, -0.05) is 37.5 Å². The van der Waals surface area contributed by atoms with Crippen molar-refractivity contribution in [2.24, 2.45) is 0 Å². The van der Waals surface area contributed by atoms with Crippen LogP contribution in [0.1, 0.15) is 32.1 Å². The highest BCUT2D eigenvalue weighted by atomic mass is 32.2. The molecule has 2 heterocycles.